The highest BCUT2D eigenvalue weighted by Gasteiger charge is 2.25. The van der Waals surface area contributed by atoms with E-state index in [9.17, 15) is 4.79 Å². The van der Waals surface area contributed by atoms with Gasteiger partial charge in [0.05, 0.1) is 0 Å². The Morgan fingerprint density at radius 1 is 1.26 bits per heavy atom. The fraction of sp³-hybridized carbons (Fsp3) is 0.733. The van der Waals surface area contributed by atoms with Crippen LogP contribution in [0.5, 0.6) is 0 Å². The van der Waals surface area contributed by atoms with E-state index in [1.165, 1.54) is 25.1 Å². The van der Waals surface area contributed by atoms with Gasteiger partial charge in [-0.05, 0) is 39.3 Å². The van der Waals surface area contributed by atoms with Crippen molar-refractivity contribution in [1.82, 2.24) is 14.9 Å². The molecule has 2 heterocycles. The van der Waals surface area contributed by atoms with E-state index in [1.54, 1.807) is 0 Å². The van der Waals surface area contributed by atoms with Crippen LogP contribution in [0.1, 0.15) is 61.9 Å². The molecule has 4 nitrogen and oxygen atoms in total. The van der Waals surface area contributed by atoms with Crippen molar-refractivity contribution < 1.29 is 4.79 Å². The first-order chi connectivity index (χ1) is 9.22. The van der Waals surface area contributed by atoms with Gasteiger partial charge in [0.1, 0.15) is 11.6 Å². The molecule has 0 spiro atoms. The predicted molar refractivity (Wildman–Crippen MR) is 74.3 cm³/mol. The third-order valence-corrected chi connectivity index (χ3v) is 4.61. The minimum absolute atomic E-state index is 0.414. The second-order valence-electron chi connectivity index (χ2n) is 6.14. The first kappa shape index (κ1) is 12.9. The Balaban J connectivity index is 1.67. The van der Waals surface area contributed by atoms with Crippen LogP contribution in [0.15, 0.2) is 6.20 Å². The molecule has 0 radical (unpaired) electrons. The highest BCUT2D eigenvalue weighted by Crippen LogP contribution is 2.31. The molecule has 1 aliphatic carbocycles. The molecule has 4 heteroatoms. The number of aromatic amines is 1. The maximum absolute atomic E-state index is 11.3. The van der Waals surface area contributed by atoms with Gasteiger partial charge in [0.15, 0.2) is 0 Å². The molecule has 1 saturated carbocycles. The Morgan fingerprint density at radius 2 is 2.05 bits per heavy atom. The smallest absolute Gasteiger partial charge is 0.132 e. The van der Waals surface area contributed by atoms with E-state index in [-0.39, 0.29) is 0 Å². The lowest BCUT2D eigenvalue weighted by Gasteiger charge is -2.28. The molecule has 0 aromatic carbocycles. The first-order valence-electron chi connectivity index (χ1n) is 7.47. The van der Waals surface area contributed by atoms with E-state index in [4.69, 9.17) is 0 Å². The normalized spacial score (nSPS) is 26.8. The molecule has 1 aromatic heterocycles. The number of nitrogens with one attached hydrogen (secondary N) is 1. The van der Waals surface area contributed by atoms with Gasteiger partial charge in [-0.3, -0.25) is 4.79 Å². The number of aromatic nitrogens is 2. The zero-order chi connectivity index (χ0) is 13.2. The molecule has 1 atom stereocenters. The van der Waals surface area contributed by atoms with Gasteiger partial charge in [-0.25, -0.2) is 4.98 Å². The molecule has 2 fully saturated rings. The average Bonchev–Trinajstić information content (AvgIpc) is 2.89. The van der Waals surface area contributed by atoms with Gasteiger partial charge < -0.3 is 9.88 Å². The van der Waals surface area contributed by atoms with Crippen LogP contribution >= 0.6 is 0 Å². The van der Waals surface area contributed by atoms with Gasteiger partial charge in [-0.15, -0.1) is 0 Å². The molecule has 1 N–H and O–H groups in total. The number of hydrogen-bond acceptors (Lipinski definition) is 3. The number of carbonyl (C=O) groups excluding carboxylic acids is 1. The molecular formula is C15H23N3O. The first-order valence-corrected chi connectivity index (χ1v) is 7.47. The van der Waals surface area contributed by atoms with Crippen LogP contribution < -0.4 is 0 Å². The van der Waals surface area contributed by atoms with Crippen LogP contribution in [0.3, 0.4) is 0 Å². The van der Waals surface area contributed by atoms with Crippen LogP contribution in [0.2, 0.25) is 0 Å². The number of rotatable bonds is 2. The van der Waals surface area contributed by atoms with Crippen LogP contribution in [-0.2, 0) is 4.79 Å². The van der Waals surface area contributed by atoms with Gasteiger partial charge >= 0.3 is 0 Å². The Labute approximate surface area is 114 Å². The standard InChI is InChI=1S/C15H23N3O/c1-18-8-2-3-12(10-18)14-9-16-15(17-14)11-4-6-13(19)7-5-11/h9,11-12H,2-8,10H2,1H3,(H,16,17). The summed E-state index contributed by atoms with van der Waals surface area (Å²) in [5.74, 6) is 2.59. The summed E-state index contributed by atoms with van der Waals surface area (Å²) in [5, 5.41) is 0. The van der Waals surface area contributed by atoms with E-state index < -0.39 is 0 Å². The lowest BCUT2D eigenvalue weighted by molar-refractivity contribution is -0.120. The zero-order valence-electron chi connectivity index (χ0n) is 11.7. The van der Waals surface area contributed by atoms with E-state index >= 15 is 0 Å². The number of likely N-dealkylation sites (N-methyl/N-ethyl adjacent to an activating group) is 1. The van der Waals surface area contributed by atoms with Crippen molar-refractivity contribution in [2.75, 3.05) is 20.1 Å². The van der Waals surface area contributed by atoms with E-state index in [0.717, 1.165) is 38.1 Å². The largest absolute Gasteiger partial charge is 0.345 e. The number of hydrogen-bond donors (Lipinski definition) is 1. The molecule has 19 heavy (non-hydrogen) atoms. The Morgan fingerprint density at radius 3 is 2.79 bits per heavy atom. The molecule has 1 unspecified atom stereocenters. The number of imidazole rings is 1. The molecular weight excluding hydrogens is 238 g/mol. The number of carbonyl (C=O) groups is 1. The SMILES string of the molecule is CN1CCCC(c2cnc(C3CCC(=O)CC3)[nH]2)C1. The number of Topliss-reactive ketones (excluding diaryl/α,β-unsaturated/α-hetero) is 1. The van der Waals surface area contributed by atoms with E-state index in [0.29, 0.717) is 17.6 Å². The summed E-state index contributed by atoms with van der Waals surface area (Å²) in [6, 6.07) is 0. The Bertz CT molecular complexity index is 444. The van der Waals surface area contributed by atoms with Gasteiger partial charge in [0.25, 0.3) is 0 Å². The number of ketones is 1. The molecule has 0 amide bonds. The van der Waals surface area contributed by atoms with Gasteiger partial charge in [0.2, 0.25) is 0 Å². The van der Waals surface area contributed by atoms with Crippen molar-refractivity contribution in [3.8, 4) is 0 Å². The zero-order valence-corrected chi connectivity index (χ0v) is 11.7. The summed E-state index contributed by atoms with van der Waals surface area (Å²) < 4.78 is 0. The summed E-state index contributed by atoms with van der Waals surface area (Å²) in [4.78, 5) is 21.8. The monoisotopic (exact) mass is 261 g/mol. The molecule has 1 aliphatic heterocycles. The van der Waals surface area contributed by atoms with Crippen molar-refractivity contribution in [1.29, 1.82) is 0 Å². The summed E-state index contributed by atoms with van der Waals surface area (Å²) in [6.07, 6.45) is 7.95. The van der Waals surface area contributed by atoms with Crippen molar-refractivity contribution >= 4 is 5.78 Å². The van der Waals surface area contributed by atoms with Gasteiger partial charge in [0, 0.05) is 43.1 Å². The minimum atomic E-state index is 0.414. The number of piperidine rings is 1. The molecule has 104 valence electrons. The molecule has 2 aliphatic rings. The third kappa shape index (κ3) is 2.89. The third-order valence-electron chi connectivity index (χ3n) is 4.61. The minimum Gasteiger partial charge on any atom is -0.345 e. The average molecular weight is 261 g/mol. The fourth-order valence-electron chi connectivity index (χ4n) is 3.40. The van der Waals surface area contributed by atoms with Crippen molar-refractivity contribution in [2.45, 2.75) is 50.4 Å². The lowest BCUT2D eigenvalue weighted by atomic mass is 9.88. The van der Waals surface area contributed by atoms with Crippen LogP contribution in [-0.4, -0.2) is 40.8 Å². The summed E-state index contributed by atoms with van der Waals surface area (Å²) in [5.41, 5.74) is 1.29. The van der Waals surface area contributed by atoms with Crippen molar-refractivity contribution in [3.05, 3.63) is 17.7 Å². The van der Waals surface area contributed by atoms with Gasteiger partial charge in [-0.2, -0.15) is 0 Å². The summed E-state index contributed by atoms with van der Waals surface area (Å²) in [6.45, 7) is 2.34. The van der Waals surface area contributed by atoms with Crippen molar-refractivity contribution in [2.24, 2.45) is 0 Å². The predicted octanol–water partition coefficient (Wildman–Crippen LogP) is 2.45. The highest BCUT2D eigenvalue weighted by atomic mass is 16.1. The maximum atomic E-state index is 11.3. The second kappa shape index (κ2) is 5.45. The number of H-pyrrole nitrogens is 1. The molecule has 1 aromatic rings. The van der Waals surface area contributed by atoms with Gasteiger partial charge in [-0.1, -0.05) is 0 Å². The second-order valence-corrected chi connectivity index (χ2v) is 6.14. The quantitative estimate of drug-likeness (QED) is 0.889. The van der Waals surface area contributed by atoms with Crippen LogP contribution in [0.25, 0.3) is 0 Å². The fourth-order valence-corrected chi connectivity index (χ4v) is 3.40. The molecule has 3 rings (SSSR count). The molecule has 1 saturated heterocycles. The van der Waals surface area contributed by atoms with Crippen LogP contribution in [0.4, 0.5) is 0 Å². The maximum Gasteiger partial charge on any atom is 0.132 e. The summed E-state index contributed by atoms with van der Waals surface area (Å²) >= 11 is 0. The molecule has 0 bridgehead atoms. The number of likely N-dealkylation sites (tertiary alicyclic amines) is 1. The Kier molecular flexibility index (Phi) is 3.69. The topological polar surface area (TPSA) is 49.0 Å². The van der Waals surface area contributed by atoms with E-state index in [1.807, 2.05) is 6.20 Å². The number of nitrogens with zero attached hydrogens (tertiary/aromatic N) is 2. The van der Waals surface area contributed by atoms with Crippen molar-refractivity contribution in [3.63, 3.8) is 0 Å². The Hall–Kier alpha value is -1.16. The highest BCUT2D eigenvalue weighted by molar-refractivity contribution is 5.79. The summed E-state index contributed by atoms with van der Waals surface area (Å²) in [7, 11) is 2.19. The van der Waals surface area contributed by atoms with E-state index in [2.05, 4.69) is 21.9 Å². The lowest BCUT2D eigenvalue weighted by Crippen LogP contribution is -2.31. The van der Waals surface area contributed by atoms with Crippen LogP contribution in [0, 0.1) is 0 Å².